The van der Waals surface area contributed by atoms with Gasteiger partial charge in [-0.3, -0.25) is 4.79 Å². The lowest BCUT2D eigenvalue weighted by Gasteiger charge is -2.59. The first-order chi connectivity index (χ1) is 11.2. The van der Waals surface area contributed by atoms with Crippen molar-refractivity contribution in [2.75, 3.05) is 0 Å². The number of halogens is 1. The Morgan fingerprint density at radius 2 is 1.79 bits per heavy atom. The van der Waals surface area contributed by atoms with Crippen LogP contribution in [0.25, 0.3) is 0 Å². The van der Waals surface area contributed by atoms with Crippen molar-refractivity contribution in [3.05, 3.63) is 11.6 Å². The first-order valence-electron chi connectivity index (χ1n) is 10.1. The highest BCUT2D eigenvalue weighted by molar-refractivity contribution is 5.83. The molecule has 134 valence electrons. The van der Waals surface area contributed by atoms with Gasteiger partial charge in [0.1, 0.15) is 12.0 Å². The number of carbonyl (C=O) groups is 1. The summed E-state index contributed by atoms with van der Waals surface area (Å²) in [5.74, 6) is 2.47. The number of allylic oxidation sites excluding steroid dienone is 2. The van der Waals surface area contributed by atoms with E-state index in [1.807, 2.05) is 6.92 Å². The smallest absolute Gasteiger partial charge is 0.136 e. The number of hydrogen-bond acceptors (Lipinski definition) is 1. The van der Waals surface area contributed by atoms with Gasteiger partial charge in [-0.05, 0) is 80.5 Å². The van der Waals surface area contributed by atoms with Gasteiger partial charge in [0, 0.05) is 11.8 Å². The molecule has 2 heteroatoms. The van der Waals surface area contributed by atoms with E-state index in [0.29, 0.717) is 30.0 Å². The third-order valence-electron chi connectivity index (χ3n) is 9.43. The maximum absolute atomic E-state index is 13.9. The Balaban J connectivity index is 1.69. The third kappa shape index (κ3) is 1.95. The second kappa shape index (κ2) is 5.17. The Kier molecular flexibility index (Phi) is 3.62. The maximum Gasteiger partial charge on any atom is 0.136 e. The van der Waals surface area contributed by atoms with Crippen molar-refractivity contribution in [2.45, 2.75) is 85.2 Å². The predicted molar refractivity (Wildman–Crippen MR) is 95.4 cm³/mol. The highest BCUT2D eigenvalue weighted by atomic mass is 19.1. The number of rotatable bonds is 1. The van der Waals surface area contributed by atoms with Crippen LogP contribution >= 0.6 is 0 Å². The zero-order chi connectivity index (χ0) is 17.3. The minimum atomic E-state index is -0.623. The molecule has 0 amide bonds. The summed E-state index contributed by atoms with van der Waals surface area (Å²) in [7, 11) is 0. The van der Waals surface area contributed by atoms with Gasteiger partial charge in [-0.2, -0.15) is 0 Å². The molecule has 4 aliphatic rings. The van der Waals surface area contributed by atoms with Gasteiger partial charge in [0.2, 0.25) is 0 Å². The number of Topliss-reactive ketones (excluding diaryl/α,β-unsaturated/α-hetero) is 1. The molecule has 0 spiro atoms. The minimum absolute atomic E-state index is 0.135. The number of hydrogen-bond donors (Lipinski definition) is 0. The molecular weight excluding hydrogens is 299 g/mol. The van der Waals surface area contributed by atoms with Gasteiger partial charge >= 0.3 is 0 Å². The average Bonchev–Trinajstić information content (AvgIpc) is 2.81. The van der Waals surface area contributed by atoms with E-state index in [1.165, 1.54) is 24.8 Å². The van der Waals surface area contributed by atoms with Crippen LogP contribution in [0, 0.1) is 34.0 Å². The van der Waals surface area contributed by atoms with Crippen LogP contribution in [-0.2, 0) is 4.79 Å². The van der Waals surface area contributed by atoms with Crippen LogP contribution in [0.1, 0.15) is 79.1 Å². The SMILES string of the molecule is CC(=O)[C@@]1(C)CCC2C3CC=C4C[C@@H](F)CCC4(C)C3CCC21C. The quantitative estimate of drug-likeness (QED) is 0.548. The number of ketones is 1. The number of carbonyl (C=O) groups excluding carboxylic acids is 1. The first-order valence-corrected chi connectivity index (χ1v) is 10.1. The lowest BCUT2D eigenvalue weighted by Crippen LogP contribution is -2.53. The molecular formula is C22H33FO. The normalized spacial score (nSPS) is 53.6. The molecule has 1 nitrogen and oxygen atoms in total. The summed E-state index contributed by atoms with van der Waals surface area (Å²) in [6.45, 7) is 8.86. The van der Waals surface area contributed by atoms with Crippen LogP contribution in [0.5, 0.6) is 0 Å². The van der Waals surface area contributed by atoms with Gasteiger partial charge in [0.15, 0.2) is 0 Å². The average molecular weight is 333 g/mol. The van der Waals surface area contributed by atoms with Gasteiger partial charge in [-0.1, -0.05) is 32.4 Å². The summed E-state index contributed by atoms with van der Waals surface area (Å²) in [6.07, 6.45) is 10.0. The highest BCUT2D eigenvalue weighted by Gasteiger charge is 2.63. The van der Waals surface area contributed by atoms with Crippen molar-refractivity contribution < 1.29 is 9.18 Å². The molecule has 3 saturated carbocycles. The summed E-state index contributed by atoms with van der Waals surface area (Å²) in [5, 5.41) is 0. The molecule has 0 N–H and O–H groups in total. The van der Waals surface area contributed by atoms with Crippen molar-refractivity contribution in [1.29, 1.82) is 0 Å². The first kappa shape index (κ1) is 16.8. The van der Waals surface area contributed by atoms with Crippen LogP contribution in [0.3, 0.4) is 0 Å². The third-order valence-corrected chi connectivity index (χ3v) is 9.43. The van der Waals surface area contributed by atoms with Crippen molar-refractivity contribution >= 4 is 5.78 Å². The Bertz CT molecular complexity index is 595. The lowest BCUT2D eigenvalue weighted by atomic mass is 9.45. The van der Waals surface area contributed by atoms with Crippen molar-refractivity contribution in [3.63, 3.8) is 0 Å². The molecule has 0 aliphatic heterocycles. The maximum atomic E-state index is 13.9. The zero-order valence-electron chi connectivity index (χ0n) is 15.8. The van der Waals surface area contributed by atoms with E-state index in [2.05, 4.69) is 26.8 Å². The van der Waals surface area contributed by atoms with Crippen molar-refractivity contribution in [2.24, 2.45) is 34.0 Å². The van der Waals surface area contributed by atoms with E-state index in [4.69, 9.17) is 0 Å². The zero-order valence-corrected chi connectivity index (χ0v) is 15.8. The molecule has 24 heavy (non-hydrogen) atoms. The molecule has 5 unspecified atom stereocenters. The summed E-state index contributed by atoms with van der Waals surface area (Å²) >= 11 is 0. The van der Waals surface area contributed by atoms with E-state index in [-0.39, 0.29) is 16.2 Å². The Morgan fingerprint density at radius 1 is 1.08 bits per heavy atom. The number of alkyl halides is 1. The van der Waals surface area contributed by atoms with Crippen LogP contribution in [0.2, 0.25) is 0 Å². The van der Waals surface area contributed by atoms with E-state index < -0.39 is 6.17 Å². The van der Waals surface area contributed by atoms with Crippen LogP contribution < -0.4 is 0 Å². The Hall–Kier alpha value is -0.660. The monoisotopic (exact) mass is 332 g/mol. The van der Waals surface area contributed by atoms with Gasteiger partial charge in [0.05, 0.1) is 0 Å². The van der Waals surface area contributed by atoms with Gasteiger partial charge < -0.3 is 0 Å². The fraction of sp³-hybridized carbons (Fsp3) is 0.864. The van der Waals surface area contributed by atoms with Crippen LogP contribution in [-0.4, -0.2) is 12.0 Å². The van der Waals surface area contributed by atoms with Crippen molar-refractivity contribution in [3.8, 4) is 0 Å². The van der Waals surface area contributed by atoms with E-state index in [1.54, 1.807) is 0 Å². The Morgan fingerprint density at radius 3 is 2.50 bits per heavy atom. The lowest BCUT2D eigenvalue weighted by molar-refractivity contribution is -0.138. The highest BCUT2D eigenvalue weighted by Crippen LogP contribution is 2.69. The molecule has 0 bridgehead atoms. The van der Waals surface area contributed by atoms with E-state index >= 15 is 0 Å². The fourth-order valence-electron chi connectivity index (χ4n) is 7.46. The molecule has 4 rings (SSSR count). The summed E-state index contributed by atoms with van der Waals surface area (Å²) < 4.78 is 13.9. The Labute approximate surface area is 146 Å². The standard InChI is InChI=1S/C22H33FO/c1-14(24)21(3)11-9-19-17-6-5-15-13-16(23)7-10-20(15,2)18(17)8-12-22(19,21)4/h5,16-19H,6-13H2,1-4H3/t16-,17?,18?,19?,20?,21+,22?/m0/s1. The van der Waals surface area contributed by atoms with E-state index in [0.717, 1.165) is 25.7 Å². The summed E-state index contributed by atoms with van der Waals surface area (Å²) in [5.41, 5.74) is 1.67. The molecule has 7 atom stereocenters. The molecule has 0 saturated heterocycles. The second-order valence-corrected chi connectivity index (χ2v) is 9.98. The molecule has 3 fully saturated rings. The topological polar surface area (TPSA) is 17.1 Å². The molecule has 0 radical (unpaired) electrons. The van der Waals surface area contributed by atoms with Gasteiger partial charge in [0.25, 0.3) is 0 Å². The summed E-state index contributed by atoms with van der Waals surface area (Å²) in [4.78, 5) is 12.5. The van der Waals surface area contributed by atoms with Crippen LogP contribution in [0.15, 0.2) is 11.6 Å². The van der Waals surface area contributed by atoms with Crippen LogP contribution in [0.4, 0.5) is 4.39 Å². The molecule has 0 aromatic heterocycles. The van der Waals surface area contributed by atoms with Gasteiger partial charge in [-0.25, -0.2) is 4.39 Å². The second-order valence-electron chi connectivity index (χ2n) is 9.98. The largest absolute Gasteiger partial charge is 0.299 e. The van der Waals surface area contributed by atoms with Gasteiger partial charge in [-0.15, -0.1) is 0 Å². The van der Waals surface area contributed by atoms with E-state index in [9.17, 15) is 9.18 Å². The molecule has 0 heterocycles. The predicted octanol–water partition coefficient (Wildman–Crippen LogP) is 5.88. The van der Waals surface area contributed by atoms with Crippen molar-refractivity contribution in [1.82, 2.24) is 0 Å². The molecule has 0 aromatic rings. The molecule has 0 aromatic carbocycles. The fourth-order valence-corrected chi connectivity index (χ4v) is 7.46. The minimum Gasteiger partial charge on any atom is -0.299 e. The summed E-state index contributed by atoms with van der Waals surface area (Å²) in [6, 6.07) is 0. The number of fused-ring (bicyclic) bond motifs is 5. The molecule has 4 aliphatic carbocycles.